The molecule has 158 valence electrons. The molecule has 6 nitrogen and oxygen atoms in total. The lowest BCUT2D eigenvalue weighted by atomic mass is 10.1. The second-order valence-corrected chi connectivity index (χ2v) is 7.37. The summed E-state index contributed by atoms with van der Waals surface area (Å²) >= 11 is 0. The zero-order valence-corrected chi connectivity index (χ0v) is 17.6. The zero-order valence-electron chi connectivity index (χ0n) is 17.6. The van der Waals surface area contributed by atoms with Crippen molar-refractivity contribution in [1.29, 1.82) is 0 Å². The van der Waals surface area contributed by atoms with Gasteiger partial charge in [-0.2, -0.15) is 0 Å². The summed E-state index contributed by atoms with van der Waals surface area (Å²) in [5, 5.41) is 5.83. The molecule has 3 rings (SSSR count). The van der Waals surface area contributed by atoms with Gasteiger partial charge in [0.15, 0.2) is 18.1 Å². The highest BCUT2D eigenvalue weighted by molar-refractivity contribution is 5.94. The number of carbonyl (C=O) groups excluding carboxylic acids is 2. The van der Waals surface area contributed by atoms with Gasteiger partial charge in [0, 0.05) is 11.6 Å². The van der Waals surface area contributed by atoms with Gasteiger partial charge in [-0.25, -0.2) is 0 Å². The Labute approximate surface area is 177 Å². The van der Waals surface area contributed by atoms with Gasteiger partial charge in [0.05, 0.1) is 13.2 Å². The Bertz CT molecular complexity index is 917. The van der Waals surface area contributed by atoms with Gasteiger partial charge in [-0.05, 0) is 62.1 Å². The Morgan fingerprint density at radius 2 is 1.87 bits per heavy atom. The summed E-state index contributed by atoms with van der Waals surface area (Å²) in [5.74, 6) is 1.11. The van der Waals surface area contributed by atoms with Crippen molar-refractivity contribution >= 4 is 23.6 Å². The van der Waals surface area contributed by atoms with Crippen LogP contribution in [0.3, 0.4) is 0 Å². The first kappa shape index (κ1) is 21.4. The van der Waals surface area contributed by atoms with Crippen LogP contribution < -0.4 is 20.1 Å². The molecule has 30 heavy (non-hydrogen) atoms. The number of ether oxygens (including phenoxy) is 2. The summed E-state index contributed by atoms with van der Waals surface area (Å²) in [7, 11) is 1.57. The molecule has 0 radical (unpaired) electrons. The largest absolute Gasteiger partial charge is 0.493 e. The van der Waals surface area contributed by atoms with Crippen LogP contribution in [0.1, 0.15) is 43.9 Å². The summed E-state index contributed by atoms with van der Waals surface area (Å²) in [4.78, 5) is 24.1. The molecule has 0 aromatic heterocycles. The Hall–Kier alpha value is -3.28. The van der Waals surface area contributed by atoms with E-state index in [4.69, 9.17) is 9.47 Å². The molecule has 2 N–H and O–H groups in total. The second-order valence-electron chi connectivity index (χ2n) is 7.37. The molecule has 1 fully saturated rings. The quantitative estimate of drug-likeness (QED) is 0.647. The van der Waals surface area contributed by atoms with Crippen LogP contribution in [0.25, 0.3) is 6.08 Å². The molecule has 6 heteroatoms. The summed E-state index contributed by atoms with van der Waals surface area (Å²) in [5.41, 5.74) is 2.71. The molecular formula is C24H28N2O4. The zero-order chi connectivity index (χ0) is 21.5. The van der Waals surface area contributed by atoms with E-state index in [1.165, 1.54) is 0 Å². The van der Waals surface area contributed by atoms with E-state index in [2.05, 4.69) is 10.6 Å². The first-order chi connectivity index (χ1) is 14.5. The van der Waals surface area contributed by atoms with Gasteiger partial charge in [0.25, 0.3) is 5.91 Å². The van der Waals surface area contributed by atoms with E-state index < -0.39 is 0 Å². The molecule has 1 aliphatic carbocycles. The summed E-state index contributed by atoms with van der Waals surface area (Å²) in [6.45, 7) is 3.74. The Balaban J connectivity index is 1.51. The predicted octanol–water partition coefficient (Wildman–Crippen LogP) is 4.33. The molecule has 0 heterocycles. The number of benzene rings is 2. The summed E-state index contributed by atoms with van der Waals surface area (Å²) in [6, 6.07) is 12.9. The lowest BCUT2D eigenvalue weighted by Gasteiger charge is -2.16. The van der Waals surface area contributed by atoms with E-state index in [9.17, 15) is 9.59 Å². The predicted molar refractivity (Wildman–Crippen MR) is 118 cm³/mol. The SMILES string of the molecule is C/C=C/c1ccc(OCC(=O)NC(C)c2ccc(NC(=O)C3CC3)cc2)c(OC)c1. The standard InChI is InChI=1S/C24H28N2O4/c1-4-5-17-6-13-21(22(14-17)29-3)30-15-23(27)25-16(2)18-9-11-20(12-10-18)26-24(28)19-7-8-19/h4-6,9-14,16,19H,7-8,15H2,1-3H3,(H,25,27)(H,26,28)/b5-4+. The van der Waals surface area contributed by atoms with Crippen molar-refractivity contribution in [3.63, 3.8) is 0 Å². The first-order valence-corrected chi connectivity index (χ1v) is 10.1. The minimum absolute atomic E-state index is 0.0791. The van der Waals surface area contributed by atoms with Crippen LogP contribution in [0.15, 0.2) is 48.5 Å². The molecule has 1 saturated carbocycles. The van der Waals surface area contributed by atoms with E-state index >= 15 is 0 Å². The minimum Gasteiger partial charge on any atom is -0.493 e. The molecular weight excluding hydrogens is 380 g/mol. The third-order valence-electron chi connectivity index (χ3n) is 4.91. The van der Waals surface area contributed by atoms with E-state index in [0.717, 1.165) is 29.7 Å². The number of amides is 2. The fourth-order valence-electron chi connectivity index (χ4n) is 3.05. The van der Waals surface area contributed by atoms with Crippen molar-refractivity contribution in [3.05, 3.63) is 59.7 Å². The normalized spacial score (nSPS) is 14.2. The summed E-state index contributed by atoms with van der Waals surface area (Å²) in [6.07, 6.45) is 5.85. The molecule has 2 aromatic carbocycles. The number of hydrogen-bond donors (Lipinski definition) is 2. The fraction of sp³-hybridized carbons (Fsp3) is 0.333. The number of carbonyl (C=O) groups is 2. The Morgan fingerprint density at radius 3 is 2.50 bits per heavy atom. The van der Waals surface area contributed by atoms with Crippen molar-refractivity contribution < 1.29 is 19.1 Å². The average molecular weight is 408 g/mol. The van der Waals surface area contributed by atoms with Gasteiger partial charge >= 0.3 is 0 Å². The molecule has 1 unspecified atom stereocenters. The number of hydrogen-bond acceptors (Lipinski definition) is 4. The smallest absolute Gasteiger partial charge is 0.258 e. The van der Waals surface area contributed by atoms with Gasteiger partial charge in [0.1, 0.15) is 0 Å². The monoisotopic (exact) mass is 408 g/mol. The molecule has 2 amide bonds. The number of allylic oxidation sites excluding steroid dienone is 1. The van der Waals surface area contributed by atoms with Crippen molar-refractivity contribution in [2.75, 3.05) is 19.0 Å². The topological polar surface area (TPSA) is 76.7 Å². The van der Waals surface area contributed by atoms with Crippen LogP contribution in [0.4, 0.5) is 5.69 Å². The maximum atomic E-state index is 12.3. The van der Waals surface area contributed by atoms with Crippen LogP contribution in [-0.2, 0) is 9.59 Å². The van der Waals surface area contributed by atoms with Crippen molar-refractivity contribution in [2.24, 2.45) is 5.92 Å². The highest BCUT2D eigenvalue weighted by Gasteiger charge is 2.29. The molecule has 2 aromatic rings. The Kier molecular flexibility index (Phi) is 7.12. The molecule has 0 bridgehead atoms. The number of rotatable bonds is 9. The van der Waals surface area contributed by atoms with E-state index in [0.29, 0.717) is 11.5 Å². The highest BCUT2D eigenvalue weighted by Crippen LogP contribution is 2.30. The molecule has 0 spiro atoms. The van der Waals surface area contributed by atoms with Gasteiger partial charge in [-0.15, -0.1) is 0 Å². The molecule has 0 saturated heterocycles. The van der Waals surface area contributed by atoms with Gasteiger partial charge in [-0.3, -0.25) is 9.59 Å². The van der Waals surface area contributed by atoms with E-state index in [1.54, 1.807) is 13.2 Å². The third-order valence-corrected chi connectivity index (χ3v) is 4.91. The van der Waals surface area contributed by atoms with Crippen molar-refractivity contribution in [1.82, 2.24) is 5.32 Å². The maximum absolute atomic E-state index is 12.3. The van der Waals surface area contributed by atoms with Crippen LogP contribution in [0, 0.1) is 5.92 Å². The van der Waals surface area contributed by atoms with Crippen LogP contribution >= 0.6 is 0 Å². The van der Waals surface area contributed by atoms with E-state index in [-0.39, 0.29) is 30.4 Å². The van der Waals surface area contributed by atoms with Crippen molar-refractivity contribution in [3.8, 4) is 11.5 Å². The molecule has 1 aliphatic rings. The number of methoxy groups -OCH3 is 1. The lowest BCUT2D eigenvalue weighted by Crippen LogP contribution is -2.31. The molecule has 1 atom stereocenters. The first-order valence-electron chi connectivity index (χ1n) is 10.1. The maximum Gasteiger partial charge on any atom is 0.258 e. The van der Waals surface area contributed by atoms with Crippen molar-refractivity contribution in [2.45, 2.75) is 32.7 Å². The van der Waals surface area contributed by atoms with Crippen LogP contribution in [-0.4, -0.2) is 25.5 Å². The van der Waals surface area contributed by atoms with Gasteiger partial charge in [-0.1, -0.05) is 30.4 Å². The Morgan fingerprint density at radius 1 is 1.13 bits per heavy atom. The van der Waals surface area contributed by atoms with E-state index in [1.807, 2.05) is 62.4 Å². The minimum atomic E-state index is -0.229. The number of anilines is 1. The van der Waals surface area contributed by atoms with Crippen LogP contribution in [0.2, 0.25) is 0 Å². The van der Waals surface area contributed by atoms with Crippen LogP contribution in [0.5, 0.6) is 11.5 Å². The summed E-state index contributed by atoms with van der Waals surface area (Å²) < 4.78 is 11.0. The van der Waals surface area contributed by atoms with Gasteiger partial charge in [0.2, 0.25) is 5.91 Å². The fourth-order valence-corrected chi connectivity index (χ4v) is 3.05. The third kappa shape index (κ3) is 5.86. The lowest BCUT2D eigenvalue weighted by molar-refractivity contribution is -0.123. The molecule has 0 aliphatic heterocycles. The average Bonchev–Trinajstić information content (AvgIpc) is 3.59. The number of nitrogens with one attached hydrogen (secondary N) is 2. The van der Waals surface area contributed by atoms with Gasteiger partial charge < -0.3 is 20.1 Å². The highest BCUT2D eigenvalue weighted by atomic mass is 16.5. The second kappa shape index (κ2) is 9.96.